The number of carbonyl (C=O) groups excluding carboxylic acids is 1. The van der Waals surface area contributed by atoms with E-state index in [-0.39, 0.29) is 6.03 Å². The van der Waals surface area contributed by atoms with Crippen LogP contribution in [-0.2, 0) is 17.3 Å². The van der Waals surface area contributed by atoms with Crippen molar-refractivity contribution >= 4 is 16.8 Å². The van der Waals surface area contributed by atoms with E-state index in [4.69, 9.17) is 0 Å². The van der Waals surface area contributed by atoms with Gasteiger partial charge in [-0.05, 0) is 68.0 Å². The highest BCUT2D eigenvalue weighted by atomic mass is 32.2. The Labute approximate surface area is 211 Å². The number of piperidine rings is 1. The van der Waals surface area contributed by atoms with Crippen molar-refractivity contribution in [3.05, 3.63) is 95.1 Å². The molecule has 35 heavy (non-hydrogen) atoms. The number of rotatable bonds is 6. The highest BCUT2D eigenvalue weighted by Gasteiger charge is 2.43. The van der Waals surface area contributed by atoms with Crippen LogP contribution in [0.15, 0.2) is 82.6 Å². The van der Waals surface area contributed by atoms with Crippen LogP contribution in [0.5, 0.6) is 0 Å². The lowest BCUT2D eigenvalue weighted by Gasteiger charge is -2.41. The number of benzene rings is 3. The van der Waals surface area contributed by atoms with E-state index in [2.05, 4.69) is 48.6 Å². The third kappa shape index (κ3) is 5.41. The van der Waals surface area contributed by atoms with Crippen LogP contribution in [0.1, 0.15) is 53.9 Å². The molecule has 5 rings (SSSR count). The van der Waals surface area contributed by atoms with E-state index >= 15 is 0 Å². The van der Waals surface area contributed by atoms with E-state index in [1.807, 2.05) is 43.3 Å². The second kappa shape index (κ2) is 10.1. The van der Waals surface area contributed by atoms with Crippen LogP contribution in [0.3, 0.4) is 0 Å². The SMILES string of the molecule is Cc1ccc(S(=O)c2ccc(C[N+]3(C(=O)NC4CC4)CCC(c4ccccc4C)CC3)cc2)cc1. The molecule has 0 radical (unpaired) electrons. The molecule has 0 bridgehead atoms. The van der Waals surface area contributed by atoms with E-state index in [0.29, 0.717) is 23.0 Å². The van der Waals surface area contributed by atoms with Gasteiger partial charge in [-0.15, -0.1) is 0 Å². The van der Waals surface area contributed by atoms with E-state index < -0.39 is 10.8 Å². The van der Waals surface area contributed by atoms with Crippen molar-refractivity contribution in [1.82, 2.24) is 5.32 Å². The molecule has 1 atom stereocenters. The molecular formula is C30H35N2O2S+. The summed E-state index contributed by atoms with van der Waals surface area (Å²) in [6.45, 7) is 6.58. The van der Waals surface area contributed by atoms with Crippen LogP contribution in [-0.4, -0.2) is 33.9 Å². The van der Waals surface area contributed by atoms with Gasteiger partial charge in [-0.3, -0.25) is 0 Å². The first kappa shape index (κ1) is 24.0. The third-order valence-corrected chi connectivity index (χ3v) is 9.03. The normalized spacial score (nSPS) is 23.0. The number of nitrogens with zero attached hydrogens (tertiary/aromatic N) is 1. The summed E-state index contributed by atoms with van der Waals surface area (Å²) in [6.07, 6.45) is 4.21. The number of aryl methyl sites for hydroxylation is 2. The molecule has 182 valence electrons. The largest absolute Gasteiger partial charge is 0.417 e. The molecule has 1 saturated heterocycles. The highest BCUT2D eigenvalue weighted by Crippen LogP contribution is 2.35. The van der Waals surface area contributed by atoms with Gasteiger partial charge in [-0.2, -0.15) is 0 Å². The number of nitrogens with one attached hydrogen (secondary N) is 1. The molecule has 2 fully saturated rings. The predicted octanol–water partition coefficient (Wildman–Crippen LogP) is 6.24. The first-order valence-electron chi connectivity index (χ1n) is 12.7. The monoisotopic (exact) mass is 487 g/mol. The van der Waals surface area contributed by atoms with Crippen molar-refractivity contribution < 1.29 is 13.5 Å². The van der Waals surface area contributed by atoms with Crippen LogP contribution in [0.2, 0.25) is 0 Å². The van der Waals surface area contributed by atoms with Crippen molar-refractivity contribution in [2.24, 2.45) is 0 Å². The van der Waals surface area contributed by atoms with Gasteiger partial charge in [-0.25, -0.2) is 13.5 Å². The Kier molecular flexibility index (Phi) is 6.90. The van der Waals surface area contributed by atoms with Gasteiger partial charge >= 0.3 is 6.03 Å². The van der Waals surface area contributed by atoms with Crippen LogP contribution in [0.25, 0.3) is 0 Å². The number of hydrogen-bond donors (Lipinski definition) is 1. The predicted molar refractivity (Wildman–Crippen MR) is 141 cm³/mol. The molecule has 1 heterocycles. The number of amides is 2. The van der Waals surface area contributed by atoms with Gasteiger partial charge in [0.2, 0.25) is 0 Å². The van der Waals surface area contributed by atoms with E-state index in [9.17, 15) is 9.00 Å². The lowest BCUT2D eigenvalue weighted by Crippen LogP contribution is -2.60. The second-order valence-corrected chi connectivity index (χ2v) is 11.8. The van der Waals surface area contributed by atoms with Crippen LogP contribution >= 0.6 is 0 Å². The van der Waals surface area contributed by atoms with Crippen molar-refractivity contribution in [3.8, 4) is 0 Å². The molecule has 1 aliphatic heterocycles. The fourth-order valence-corrected chi connectivity index (χ4v) is 6.29. The van der Waals surface area contributed by atoms with Crippen molar-refractivity contribution in [1.29, 1.82) is 0 Å². The quantitative estimate of drug-likeness (QED) is 0.419. The van der Waals surface area contributed by atoms with E-state index in [1.165, 1.54) is 11.1 Å². The summed E-state index contributed by atoms with van der Waals surface area (Å²) >= 11 is 0. The van der Waals surface area contributed by atoms with Gasteiger partial charge in [0.1, 0.15) is 6.54 Å². The number of quaternary nitrogens is 1. The molecule has 1 aliphatic carbocycles. The molecule has 1 unspecified atom stereocenters. The number of hydrogen-bond acceptors (Lipinski definition) is 2. The molecule has 5 heteroatoms. The van der Waals surface area contributed by atoms with Gasteiger partial charge in [-0.1, -0.05) is 54.1 Å². The summed E-state index contributed by atoms with van der Waals surface area (Å²) < 4.78 is 13.5. The number of urea groups is 1. The number of carbonyl (C=O) groups is 1. The summed E-state index contributed by atoms with van der Waals surface area (Å²) in [5.41, 5.74) is 5.05. The first-order chi connectivity index (χ1) is 16.9. The molecule has 3 aromatic carbocycles. The molecule has 1 N–H and O–H groups in total. The van der Waals surface area contributed by atoms with Crippen molar-refractivity contribution in [2.45, 2.75) is 67.8 Å². The fourth-order valence-electron chi connectivity index (χ4n) is 5.26. The summed E-state index contributed by atoms with van der Waals surface area (Å²) in [6, 6.07) is 25.1. The van der Waals surface area contributed by atoms with Crippen molar-refractivity contribution in [2.75, 3.05) is 13.1 Å². The van der Waals surface area contributed by atoms with Gasteiger partial charge in [0.15, 0.2) is 0 Å². The van der Waals surface area contributed by atoms with Gasteiger partial charge in [0.25, 0.3) is 0 Å². The first-order valence-corrected chi connectivity index (χ1v) is 13.9. The van der Waals surface area contributed by atoms with Crippen LogP contribution in [0, 0.1) is 13.8 Å². The maximum absolute atomic E-state index is 13.5. The Morgan fingerprint density at radius 1 is 0.857 bits per heavy atom. The molecular weight excluding hydrogens is 452 g/mol. The molecule has 0 aromatic heterocycles. The Balaban J connectivity index is 1.32. The summed E-state index contributed by atoms with van der Waals surface area (Å²) in [5.74, 6) is 0.510. The van der Waals surface area contributed by atoms with Crippen LogP contribution in [0.4, 0.5) is 4.79 Å². The third-order valence-electron chi connectivity index (χ3n) is 7.63. The molecule has 0 spiro atoms. The molecule has 2 aliphatic rings. The van der Waals surface area contributed by atoms with Gasteiger partial charge in [0.05, 0.1) is 23.9 Å². The highest BCUT2D eigenvalue weighted by molar-refractivity contribution is 7.85. The van der Waals surface area contributed by atoms with Crippen molar-refractivity contribution in [3.63, 3.8) is 0 Å². The lowest BCUT2D eigenvalue weighted by molar-refractivity contribution is -0.869. The topological polar surface area (TPSA) is 46.2 Å². The molecule has 1 saturated carbocycles. The molecule has 2 amide bonds. The lowest BCUT2D eigenvalue weighted by atomic mass is 9.85. The van der Waals surface area contributed by atoms with Crippen LogP contribution < -0.4 is 5.32 Å². The average molecular weight is 488 g/mol. The minimum Gasteiger partial charge on any atom is -0.303 e. The van der Waals surface area contributed by atoms with Gasteiger partial charge in [0, 0.05) is 34.2 Å². The zero-order valence-corrected chi connectivity index (χ0v) is 21.5. The Bertz CT molecular complexity index is 1210. The Morgan fingerprint density at radius 3 is 2.06 bits per heavy atom. The summed E-state index contributed by atoms with van der Waals surface area (Å²) in [5, 5.41) is 3.29. The van der Waals surface area contributed by atoms with E-state index in [1.54, 1.807) is 0 Å². The van der Waals surface area contributed by atoms with Gasteiger partial charge < -0.3 is 5.32 Å². The average Bonchev–Trinajstić information content (AvgIpc) is 3.69. The molecule has 3 aromatic rings. The van der Waals surface area contributed by atoms with E-state index in [0.717, 1.165) is 59.7 Å². The zero-order chi connectivity index (χ0) is 24.4. The number of likely N-dealkylation sites (tertiary alicyclic amines) is 1. The zero-order valence-electron chi connectivity index (χ0n) is 20.7. The fraction of sp³-hybridized carbons (Fsp3) is 0.367. The Morgan fingerprint density at radius 2 is 1.46 bits per heavy atom. The second-order valence-electron chi connectivity index (χ2n) is 10.3. The molecule has 4 nitrogen and oxygen atoms in total. The Hall–Kier alpha value is -2.76. The maximum atomic E-state index is 13.5. The smallest absolute Gasteiger partial charge is 0.303 e. The summed E-state index contributed by atoms with van der Waals surface area (Å²) in [4.78, 5) is 15.1. The minimum atomic E-state index is -1.20. The summed E-state index contributed by atoms with van der Waals surface area (Å²) in [7, 11) is -1.20. The maximum Gasteiger partial charge on any atom is 0.417 e. The standard InChI is InChI=1S/C30H34N2O2S/c1-22-7-13-27(14-8-22)35(34)28-15-9-24(10-16-28)21-32(30(33)31-26-11-12-26)19-17-25(18-20-32)29-6-4-3-5-23(29)2/h3-10,13-16,25-26H,11-12,17-21H2,1-2H3/p+1. The minimum absolute atomic E-state index is 0.169.